The number of nitrogens with zero attached hydrogens (tertiary/aromatic N) is 1. The highest BCUT2D eigenvalue weighted by Crippen LogP contribution is 2.33. The molecule has 6 nitrogen and oxygen atoms in total. The van der Waals surface area contributed by atoms with Crippen molar-refractivity contribution in [1.29, 1.82) is 0 Å². The number of rotatable bonds is 9. The molecule has 3 aromatic rings. The van der Waals surface area contributed by atoms with Crippen molar-refractivity contribution in [3.05, 3.63) is 101 Å². The molecule has 0 aromatic heterocycles. The van der Waals surface area contributed by atoms with Gasteiger partial charge in [-0.05, 0) is 48.0 Å². The minimum atomic E-state index is -4.10. The number of carbonyl (C=O) groups is 1. The van der Waals surface area contributed by atoms with E-state index in [0.29, 0.717) is 17.0 Å². The van der Waals surface area contributed by atoms with E-state index in [0.717, 1.165) is 4.31 Å². The molecule has 1 N–H and O–H groups in total. The molecule has 0 bridgehead atoms. The van der Waals surface area contributed by atoms with Gasteiger partial charge in [0.15, 0.2) is 0 Å². The van der Waals surface area contributed by atoms with Crippen molar-refractivity contribution < 1.29 is 22.3 Å². The van der Waals surface area contributed by atoms with E-state index in [2.05, 4.69) is 11.9 Å². The van der Waals surface area contributed by atoms with Gasteiger partial charge in [0.1, 0.15) is 11.6 Å². The van der Waals surface area contributed by atoms with Gasteiger partial charge >= 0.3 is 0 Å². The molecule has 0 aliphatic heterocycles. The van der Waals surface area contributed by atoms with Crippen LogP contribution in [-0.2, 0) is 16.6 Å². The lowest BCUT2D eigenvalue weighted by Gasteiger charge is -2.25. The summed E-state index contributed by atoms with van der Waals surface area (Å²) in [5.41, 5.74) is 0.858. The number of anilines is 1. The van der Waals surface area contributed by atoms with Crippen molar-refractivity contribution in [3.63, 3.8) is 0 Å². The zero-order valence-electron chi connectivity index (χ0n) is 17.8. The minimum absolute atomic E-state index is 0.0206. The van der Waals surface area contributed by atoms with Crippen LogP contribution in [0.2, 0.25) is 5.02 Å². The average Bonchev–Trinajstić information content (AvgIpc) is 2.81. The minimum Gasteiger partial charge on any atom is -0.495 e. The normalized spacial score (nSPS) is 11.0. The van der Waals surface area contributed by atoms with Crippen molar-refractivity contribution in [2.24, 2.45) is 0 Å². The first-order valence-corrected chi connectivity index (χ1v) is 11.7. The topological polar surface area (TPSA) is 75.7 Å². The average molecular weight is 489 g/mol. The molecule has 0 heterocycles. The molecule has 0 aliphatic rings. The number of para-hydroxylation sites is 2. The number of amides is 1. The summed E-state index contributed by atoms with van der Waals surface area (Å²) < 4.78 is 46.8. The molecule has 1 amide bonds. The fourth-order valence-corrected chi connectivity index (χ4v) is 4.85. The van der Waals surface area contributed by atoms with Crippen molar-refractivity contribution in [2.45, 2.75) is 11.4 Å². The lowest BCUT2D eigenvalue weighted by atomic mass is 10.2. The molecule has 0 fully saturated rings. The van der Waals surface area contributed by atoms with Gasteiger partial charge in [-0.15, -0.1) is 6.58 Å². The first-order chi connectivity index (χ1) is 15.8. The van der Waals surface area contributed by atoms with Crippen LogP contribution in [0.5, 0.6) is 5.75 Å². The number of hydrogen-bond acceptors (Lipinski definition) is 4. The van der Waals surface area contributed by atoms with Crippen LogP contribution in [0.25, 0.3) is 0 Å². The van der Waals surface area contributed by atoms with Crippen LogP contribution >= 0.6 is 11.6 Å². The molecule has 0 unspecified atom stereocenters. The Bertz CT molecular complexity index is 1280. The molecule has 0 aliphatic carbocycles. The SMILES string of the molecule is C=CCN(c1ccccc1OC)S(=O)(=O)c1ccc(Cl)c(C(=O)NCc2cccc(F)c2)c1. The molecule has 0 atom stereocenters. The van der Waals surface area contributed by atoms with Crippen molar-refractivity contribution in [2.75, 3.05) is 18.0 Å². The number of sulfonamides is 1. The molecule has 172 valence electrons. The van der Waals surface area contributed by atoms with E-state index in [1.807, 2.05) is 0 Å². The quantitative estimate of drug-likeness (QED) is 0.439. The number of nitrogens with one attached hydrogen (secondary N) is 1. The second kappa shape index (κ2) is 10.5. The van der Waals surface area contributed by atoms with E-state index in [4.69, 9.17) is 16.3 Å². The maximum absolute atomic E-state index is 13.5. The van der Waals surface area contributed by atoms with Gasteiger partial charge in [-0.25, -0.2) is 12.8 Å². The third kappa shape index (κ3) is 5.53. The van der Waals surface area contributed by atoms with Gasteiger partial charge in [-0.3, -0.25) is 9.10 Å². The fourth-order valence-electron chi connectivity index (χ4n) is 3.17. The summed E-state index contributed by atoms with van der Waals surface area (Å²) in [6, 6.07) is 16.3. The molecular weight excluding hydrogens is 467 g/mol. The highest BCUT2D eigenvalue weighted by atomic mass is 35.5. The van der Waals surface area contributed by atoms with Crippen LogP contribution in [0.1, 0.15) is 15.9 Å². The lowest BCUT2D eigenvalue weighted by molar-refractivity contribution is 0.0950. The Balaban J connectivity index is 1.94. The molecule has 33 heavy (non-hydrogen) atoms. The zero-order valence-corrected chi connectivity index (χ0v) is 19.4. The van der Waals surface area contributed by atoms with E-state index in [9.17, 15) is 17.6 Å². The molecule has 0 saturated carbocycles. The molecule has 9 heteroatoms. The second-order valence-corrected chi connectivity index (χ2v) is 9.22. The number of carbonyl (C=O) groups excluding carboxylic acids is 1. The number of benzene rings is 3. The van der Waals surface area contributed by atoms with Crippen LogP contribution < -0.4 is 14.4 Å². The van der Waals surface area contributed by atoms with E-state index in [-0.39, 0.29) is 28.6 Å². The highest BCUT2D eigenvalue weighted by molar-refractivity contribution is 7.92. The van der Waals surface area contributed by atoms with Crippen LogP contribution in [0.4, 0.5) is 10.1 Å². The van der Waals surface area contributed by atoms with Crippen molar-refractivity contribution in [1.82, 2.24) is 5.32 Å². The number of methoxy groups -OCH3 is 1. The van der Waals surface area contributed by atoms with Gasteiger partial charge in [0.05, 0.1) is 34.8 Å². The predicted octanol–water partition coefficient (Wildman–Crippen LogP) is 4.80. The Hall–Kier alpha value is -3.36. The largest absolute Gasteiger partial charge is 0.495 e. The molecule has 0 spiro atoms. The van der Waals surface area contributed by atoms with Crippen LogP contribution in [0.15, 0.2) is 84.3 Å². The Morgan fingerprint density at radius 1 is 1.15 bits per heavy atom. The molecule has 0 saturated heterocycles. The molecular formula is C24H22ClFN2O4S. The van der Waals surface area contributed by atoms with E-state index in [1.54, 1.807) is 30.3 Å². The van der Waals surface area contributed by atoms with Gasteiger partial charge in [0.2, 0.25) is 0 Å². The van der Waals surface area contributed by atoms with Gasteiger partial charge in [-0.1, -0.05) is 41.9 Å². The monoisotopic (exact) mass is 488 g/mol. The number of ether oxygens (including phenoxy) is 1. The Morgan fingerprint density at radius 3 is 2.61 bits per heavy atom. The summed E-state index contributed by atoms with van der Waals surface area (Å²) in [4.78, 5) is 12.6. The summed E-state index contributed by atoms with van der Waals surface area (Å²) in [6.07, 6.45) is 1.45. The van der Waals surface area contributed by atoms with Crippen LogP contribution in [0.3, 0.4) is 0 Å². The standard InChI is InChI=1S/C24H22ClFN2O4S/c1-3-13-28(22-9-4-5-10-23(22)32-2)33(30,31)19-11-12-21(25)20(15-19)24(29)27-16-17-7-6-8-18(26)14-17/h3-12,14-15H,1,13,16H2,2H3,(H,27,29). The predicted molar refractivity (Wildman–Crippen MR) is 127 cm³/mol. The Morgan fingerprint density at radius 2 is 1.91 bits per heavy atom. The highest BCUT2D eigenvalue weighted by Gasteiger charge is 2.27. The van der Waals surface area contributed by atoms with Gasteiger partial charge in [0.25, 0.3) is 15.9 Å². The van der Waals surface area contributed by atoms with Gasteiger partial charge in [-0.2, -0.15) is 0 Å². The fraction of sp³-hybridized carbons (Fsp3) is 0.125. The van der Waals surface area contributed by atoms with E-state index in [1.165, 1.54) is 49.6 Å². The van der Waals surface area contributed by atoms with Crippen molar-refractivity contribution in [3.8, 4) is 5.75 Å². The summed E-state index contributed by atoms with van der Waals surface area (Å²) in [6.45, 7) is 3.68. The van der Waals surface area contributed by atoms with E-state index < -0.39 is 21.7 Å². The van der Waals surface area contributed by atoms with Gasteiger partial charge in [0, 0.05) is 6.54 Å². The molecule has 3 rings (SSSR count). The Labute approximate surface area is 197 Å². The van der Waals surface area contributed by atoms with E-state index >= 15 is 0 Å². The smallest absolute Gasteiger partial charge is 0.264 e. The maximum Gasteiger partial charge on any atom is 0.264 e. The summed E-state index contributed by atoms with van der Waals surface area (Å²) in [7, 11) is -2.66. The maximum atomic E-state index is 13.5. The number of halogens is 2. The first kappa shape index (κ1) is 24.3. The number of hydrogen-bond donors (Lipinski definition) is 1. The third-order valence-electron chi connectivity index (χ3n) is 4.76. The summed E-state index contributed by atoms with van der Waals surface area (Å²) in [5.74, 6) is -0.648. The second-order valence-electron chi connectivity index (χ2n) is 6.95. The van der Waals surface area contributed by atoms with Crippen molar-refractivity contribution >= 4 is 33.2 Å². The summed E-state index contributed by atoms with van der Waals surface area (Å²) >= 11 is 6.19. The lowest BCUT2D eigenvalue weighted by Crippen LogP contribution is -2.32. The zero-order chi connectivity index (χ0) is 24.0. The molecule has 3 aromatic carbocycles. The van der Waals surface area contributed by atoms with Gasteiger partial charge < -0.3 is 10.1 Å². The Kier molecular flexibility index (Phi) is 7.73. The van der Waals surface area contributed by atoms with Crippen LogP contribution in [0, 0.1) is 5.82 Å². The van der Waals surface area contributed by atoms with Crippen LogP contribution in [-0.4, -0.2) is 28.0 Å². The molecule has 0 radical (unpaired) electrons. The third-order valence-corrected chi connectivity index (χ3v) is 6.87. The first-order valence-electron chi connectivity index (χ1n) is 9.86. The summed E-state index contributed by atoms with van der Waals surface area (Å²) in [5, 5.41) is 2.71.